The number of nitrogens with zero attached hydrogens (tertiary/aromatic N) is 2. The minimum Gasteiger partial charge on any atom is -0.445 e. The fourth-order valence-corrected chi connectivity index (χ4v) is 5.37. The van der Waals surface area contributed by atoms with Gasteiger partial charge in [-0.05, 0) is 43.5 Å². The molecule has 0 aliphatic carbocycles. The standard InChI is InChI=1S/C22H20N2O3S/c1-22(13-14-7-2-3-8-15(14)20(25)27-22)21(26)24-12-6-10-17(24)19-23-16-9-4-5-11-18(16)28-19/h2-5,7-9,11,17H,6,10,12-13H2,1H3/t17-,22-/m1/s1. The highest BCUT2D eigenvalue weighted by atomic mass is 32.1. The van der Waals surface area contributed by atoms with Gasteiger partial charge in [-0.3, -0.25) is 4.79 Å². The fraction of sp³-hybridized carbons (Fsp3) is 0.318. The summed E-state index contributed by atoms with van der Waals surface area (Å²) in [6.45, 7) is 2.39. The second-order valence-electron chi connectivity index (χ2n) is 7.63. The number of carbonyl (C=O) groups is 2. The minimum atomic E-state index is -1.18. The Bertz CT molecular complexity index is 1060. The number of amides is 1. The van der Waals surface area contributed by atoms with E-state index in [4.69, 9.17) is 9.72 Å². The normalized spacial score (nSPS) is 24.2. The Hall–Kier alpha value is -2.73. The molecule has 5 nitrogen and oxygen atoms in total. The molecule has 3 aromatic rings. The summed E-state index contributed by atoms with van der Waals surface area (Å²) in [6, 6.07) is 15.3. The molecule has 1 aromatic heterocycles. The number of cyclic esters (lactones) is 1. The van der Waals surface area contributed by atoms with Crippen LogP contribution in [0.15, 0.2) is 48.5 Å². The van der Waals surface area contributed by atoms with Crippen molar-refractivity contribution in [3.05, 3.63) is 64.7 Å². The van der Waals surface area contributed by atoms with Gasteiger partial charge in [0.05, 0.1) is 21.8 Å². The van der Waals surface area contributed by atoms with E-state index in [0.717, 1.165) is 33.6 Å². The third-order valence-electron chi connectivity index (χ3n) is 5.64. The number of likely N-dealkylation sites (tertiary alicyclic amines) is 1. The summed E-state index contributed by atoms with van der Waals surface area (Å²) in [5.41, 5.74) is 1.21. The first-order valence-corrected chi connectivity index (χ1v) is 10.3. The number of para-hydroxylation sites is 1. The van der Waals surface area contributed by atoms with Gasteiger partial charge in [-0.15, -0.1) is 11.3 Å². The Morgan fingerprint density at radius 1 is 1.21 bits per heavy atom. The molecule has 1 amide bonds. The third kappa shape index (κ3) is 2.71. The van der Waals surface area contributed by atoms with Crippen LogP contribution < -0.4 is 0 Å². The van der Waals surface area contributed by atoms with E-state index in [-0.39, 0.29) is 11.9 Å². The van der Waals surface area contributed by atoms with E-state index in [9.17, 15) is 9.59 Å². The molecule has 142 valence electrons. The summed E-state index contributed by atoms with van der Waals surface area (Å²) >= 11 is 1.64. The SMILES string of the molecule is C[C@]1(C(=O)N2CCC[C@@H]2c2nc3ccccc3s2)Cc2ccccc2C(=O)O1. The van der Waals surface area contributed by atoms with Crippen LogP contribution in [0.5, 0.6) is 0 Å². The zero-order valence-corrected chi connectivity index (χ0v) is 16.4. The molecule has 0 unspecified atom stereocenters. The third-order valence-corrected chi connectivity index (χ3v) is 6.78. The van der Waals surface area contributed by atoms with Crippen molar-refractivity contribution in [2.24, 2.45) is 0 Å². The fourth-order valence-electron chi connectivity index (χ4n) is 4.25. The van der Waals surface area contributed by atoms with E-state index < -0.39 is 11.6 Å². The van der Waals surface area contributed by atoms with Gasteiger partial charge in [0.25, 0.3) is 5.91 Å². The number of hydrogen-bond donors (Lipinski definition) is 0. The summed E-state index contributed by atoms with van der Waals surface area (Å²) in [4.78, 5) is 32.6. The van der Waals surface area contributed by atoms with E-state index in [2.05, 4.69) is 6.07 Å². The van der Waals surface area contributed by atoms with Gasteiger partial charge < -0.3 is 9.64 Å². The highest BCUT2D eigenvalue weighted by molar-refractivity contribution is 7.18. The number of esters is 1. The van der Waals surface area contributed by atoms with E-state index in [0.29, 0.717) is 18.5 Å². The van der Waals surface area contributed by atoms with Crippen LogP contribution in [0.2, 0.25) is 0 Å². The lowest BCUT2D eigenvalue weighted by Crippen LogP contribution is -2.53. The highest BCUT2D eigenvalue weighted by Crippen LogP contribution is 2.39. The average molecular weight is 392 g/mol. The molecule has 2 atom stereocenters. The van der Waals surface area contributed by atoms with Crippen molar-refractivity contribution in [2.75, 3.05) is 6.54 Å². The predicted molar refractivity (Wildman–Crippen MR) is 107 cm³/mol. The quantitative estimate of drug-likeness (QED) is 0.615. The minimum absolute atomic E-state index is 0.0578. The van der Waals surface area contributed by atoms with E-state index >= 15 is 0 Å². The number of rotatable bonds is 2. The zero-order valence-electron chi connectivity index (χ0n) is 15.6. The summed E-state index contributed by atoms with van der Waals surface area (Å²) in [6.07, 6.45) is 2.20. The molecule has 0 radical (unpaired) electrons. The predicted octanol–water partition coefficient (Wildman–Crippen LogP) is 4.13. The monoisotopic (exact) mass is 392 g/mol. The van der Waals surface area contributed by atoms with Crippen molar-refractivity contribution in [3.8, 4) is 0 Å². The Balaban J connectivity index is 1.46. The van der Waals surface area contributed by atoms with E-state index in [1.807, 2.05) is 41.3 Å². The molecular weight excluding hydrogens is 372 g/mol. The Morgan fingerprint density at radius 2 is 2.00 bits per heavy atom. The summed E-state index contributed by atoms with van der Waals surface area (Å²) in [5, 5.41) is 0.957. The number of aromatic nitrogens is 1. The molecule has 2 aliphatic rings. The van der Waals surface area contributed by atoms with Crippen molar-refractivity contribution in [2.45, 2.75) is 37.8 Å². The van der Waals surface area contributed by atoms with Gasteiger partial charge in [-0.25, -0.2) is 9.78 Å². The maximum absolute atomic E-state index is 13.5. The molecule has 0 bridgehead atoms. The van der Waals surface area contributed by atoms with E-state index in [1.165, 1.54) is 0 Å². The lowest BCUT2D eigenvalue weighted by Gasteiger charge is -2.37. The van der Waals surface area contributed by atoms with Crippen LogP contribution in [-0.4, -0.2) is 33.9 Å². The largest absolute Gasteiger partial charge is 0.445 e. The summed E-state index contributed by atoms with van der Waals surface area (Å²) in [7, 11) is 0. The lowest BCUT2D eigenvalue weighted by molar-refractivity contribution is -0.152. The van der Waals surface area contributed by atoms with Crippen molar-refractivity contribution < 1.29 is 14.3 Å². The molecule has 1 saturated heterocycles. The van der Waals surface area contributed by atoms with Crippen molar-refractivity contribution in [3.63, 3.8) is 0 Å². The van der Waals surface area contributed by atoms with Crippen LogP contribution in [0, 0.1) is 0 Å². The molecule has 5 rings (SSSR count). The van der Waals surface area contributed by atoms with Crippen molar-refractivity contribution in [1.82, 2.24) is 9.88 Å². The average Bonchev–Trinajstić information content (AvgIpc) is 3.33. The number of benzene rings is 2. The van der Waals surface area contributed by atoms with Gasteiger partial charge in [-0.1, -0.05) is 30.3 Å². The van der Waals surface area contributed by atoms with Crippen LogP contribution in [0.1, 0.15) is 46.7 Å². The molecule has 0 spiro atoms. The van der Waals surface area contributed by atoms with Crippen LogP contribution in [0.25, 0.3) is 10.2 Å². The first kappa shape index (κ1) is 17.4. The molecule has 3 heterocycles. The Labute approximate surface area is 166 Å². The Kier molecular flexibility index (Phi) is 3.98. The van der Waals surface area contributed by atoms with Gasteiger partial charge in [0.15, 0.2) is 5.60 Å². The first-order valence-electron chi connectivity index (χ1n) is 9.53. The zero-order chi connectivity index (χ0) is 19.3. The summed E-state index contributed by atoms with van der Waals surface area (Å²) < 4.78 is 6.80. The molecular formula is C22H20N2O3S. The molecule has 28 heavy (non-hydrogen) atoms. The van der Waals surface area contributed by atoms with Crippen LogP contribution >= 0.6 is 11.3 Å². The van der Waals surface area contributed by atoms with Gasteiger partial charge in [0.2, 0.25) is 0 Å². The number of hydrogen-bond acceptors (Lipinski definition) is 5. The highest BCUT2D eigenvalue weighted by Gasteiger charge is 2.47. The van der Waals surface area contributed by atoms with Crippen LogP contribution in [0.4, 0.5) is 0 Å². The van der Waals surface area contributed by atoms with Gasteiger partial charge in [-0.2, -0.15) is 0 Å². The number of ether oxygens (including phenoxy) is 1. The number of thiazole rings is 1. The number of carbonyl (C=O) groups excluding carboxylic acids is 2. The molecule has 2 aliphatic heterocycles. The van der Waals surface area contributed by atoms with Crippen LogP contribution in [0.3, 0.4) is 0 Å². The maximum atomic E-state index is 13.5. The second kappa shape index (κ2) is 6.41. The van der Waals surface area contributed by atoms with Crippen molar-refractivity contribution >= 4 is 33.4 Å². The van der Waals surface area contributed by atoms with Crippen molar-refractivity contribution in [1.29, 1.82) is 0 Å². The molecule has 1 fully saturated rings. The first-order chi connectivity index (χ1) is 13.5. The second-order valence-corrected chi connectivity index (χ2v) is 8.69. The van der Waals surface area contributed by atoms with Crippen LogP contribution in [-0.2, 0) is 16.0 Å². The topological polar surface area (TPSA) is 59.5 Å². The lowest BCUT2D eigenvalue weighted by atomic mass is 9.88. The molecule has 0 saturated carbocycles. The summed E-state index contributed by atoms with van der Waals surface area (Å²) in [5.74, 6) is -0.550. The maximum Gasteiger partial charge on any atom is 0.339 e. The molecule has 6 heteroatoms. The number of fused-ring (bicyclic) bond motifs is 2. The van der Waals surface area contributed by atoms with Gasteiger partial charge >= 0.3 is 5.97 Å². The smallest absolute Gasteiger partial charge is 0.339 e. The Morgan fingerprint density at radius 3 is 2.86 bits per heavy atom. The van der Waals surface area contributed by atoms with Gasteiger partial charge in [0.1, 0.15) is 5.01 Å². The molecule has 2 aromatic carbocycles. The molecule has 0 N–H and O–H groups in total. The van der Waals surface area contributed by atoms with Gasteiger partial charge in [0, 0.05) is 13.0 Å². The van der Waals surface area contributed by atoms with E-state index in [1.54, 1.807) is 24.3 Å².